The van der Waals surface area contributed by atoms with Gasteiger partial charge < -0.3 is 10.1 Å². The van der Waals surface area contributed by atoms with Gasteiger partial charge in [0.1, 0.15) is 5.75 Å². The Morgan fingerprint density at radius 1 is 1.12 bits per heavy atom. The summed E-state index contributed by atoms with van der Waals surface area (Å²) >= 11 is 3.41. The van der Waals surface area contributed by atoms with Crippen molar-refractivity contribution in [1.82, 2.24) is 9.78 Å². The Balaban J connectivity index is 1.64. The van der Waals surface area contributed by atoms with Gasteiger partial charge in [0.2, 0.25) is 0 Å². The van der Waals surface area contributed by atoms with Crippen molar-refractivity contribution < 1.29 is 9.53 Å². The van der Waals surface area contributed by atoms with Crippen LogP contribution >= 0.6 is 15.9 Å². The summed E-state index contributed by atoms with van der Waals surface area (Å²) in [4.78, 5) is 12.4. The molecule has 0 aliphatic heterocycles. The quantitative estimate of drug-likeness (QED) is 0.649. The maximum Gasteiger partial charge on any atom is 0.276 e. The molecule has 0 fully saturated rings. The second kappa shape index (κ2) is 7.74. The molecule has 0 radical (unpaired) electrons. The monoisotopic (exact) mass is 413 g/mol. The van der Waals surface area contributed by atoms with Crippen molar-refractivity contribution in [1.29, 1.82) is 0 Å². The highest BCUT2D eigenvalue weighted by atomic mass is 79.9. The van der Waals surface area contributed by atoms with Crippen molar-refractivity contribution in [2.45, 2.75) is 27.5 Å². The van der Waals surface area contributed by atoms with Crippen LogP contribution in [0.5, 0.6) is 5.75 Å². The molecule has 0 spiro atoms. The molecule has 0 saturated heterocycles. The first-order chi connectivity index (χ1) is 12.4. The van der Waals surface area contributed by atoms with Crippen LogP contribution in [-0.2, 0) is 6.73 Å². The first kappa shape index (κ1) is 18.2. The largest absolute Gasteiger partial charge is 0.471 e. The fraction of sp³-hybridized carbons (Fsp3) is 0.200. The van der Waals surface area contributed by atoms with E-state index in [1.54, 1.807) is 16.9 Å². The van der Waals surface area contributed by atoms with Crippen LogP contribution in [0.25, 0.3) is 0 Å². The number of amides is 1. The number of aryl methyl sites for hydroxylation is 3. The van der Waals surface area contributed by atoms with E-state index in [0.29, 0.717) is 5.69 Å². The van der Waals surface area contributed by atoms with Crippen LogP contribution in [-0.4, -0.2) is 15.7 Å². The minimum atomic E-state index is -0.249. The van der Waals surface area contributed by atoms with Gasteiger partial charge in [-0.15, -0.1) is 0 Å². The number of aromatic nitrogens is 2. The molecule has 26 heavy (non-hydrogen) atoms. The Morgan fingerprint density at radius 3 is 2.65 bits per heavy atom. The molecule has 0 saturated carbocycles. The van der Waals surface area contributed by atoms with Gasteiger partial charge in [-0.1, -0.05) is 33.6 Å². The molecule has 6 heteroatoms. The molecule has 1 aromatic heterocycles. The van der Waals surface area contributed by atoms with Gasteiger partial charge in [-0.25, -0.2) is 4.68 Å². The lowest BCUT2D eigenvalue weighted by atomic mass is 10.1. The molecule has 1 amide bonds. The summed E-state index contributed by atoms with van der Waals surface area (Å²) in [6, 6.07) is 13.4. The average molecular weight is 414 g/mol. The maximum atomic E-state index is 12.4. The van der Waals surface area contributed by atoms with Gasteiger partial charge in [-0.05, 0) is 62.2 Å². The molecule has 3 rings (SSSR count). The summed E-state index contributed by atoms with van der Waals surface area (Å²) in [6.07, 6.45) is 1.73. The van der Waals surface area contributed by atoms with Crippen molar-refractivity contribution in [3.8, 4) is 5.75 Å². The zero-order valence-corrected chi connectivity index (χ0v) is 16.5. The summed E-state index contributed by atoms with van der Waals surface area (Å²) in [7, 11) is 0. The molecule has 5 nitrogen and oxygen atoms in total. The molecule has 1 heterocycles. The highest BCUT2D eigenvalue weighted by Crippen LogP contribution is 2.21. The van der Waals surface area contributed by atoms with E-state index in [4.69, 9.17) is 4.74 Å². The normalized spacial score (nSPS) is 10.6. The van der Waals surface area contributed by atoms with Crippen LogP contribution in [0.4, 0.5) is 5.69 Å². The van der Waals surface area contributed by atoms with Crippen LogP contribution in [0.3, 0.4) is 0 Å². The lowest BCUT2D eigenvalue weighted by Crippen LogP contribution is -2.15. The van der Waals surface area contributed by atoms with E-state index in [-0.39, 0.29) is 12.6 Å². The summed E-state index contributed by atoms with van der Waals surface area (Å²) < 4.78 is 8.36. The fourth-order valence-corrected chi connectivity index (χ4v) is 3.08. The molecule has 0 bridgehead atoms. The van der Waals surface area contributed by atoms with Crippen LogP contribution in [0.1, 0.15) is 27.2 Å². The Morgan fingerprint density at radius 2 is 1.92 bits per heavy atom. The van der Waals surface area contributed by atoms with E-state index in [1.807, 2.05) is 51.1 Å². The third kappa shape index (κ3) is 4.32. The number of benzene rings is 2. The molecule has 0 aliphatic rings. The molecule has 0 atom stereocenters. The van der Waals surface area contributed by atoms with Crippen LogP contribution in [0, 0.1) is 20.8 Å². The molecule has 1 N–H and O–H groups in total. The van der Waals surface area contributed by atoms with Gasteiger partial charge in [0.05, 0.1) is 0 Å². The molecule has 3 aromatic rings. The summed E-state index contributed by atoms with van der Waals surface area (Å²) in [6.45, 7) is 6.23. The zero-order chi connectivity index (χ0) is 18.7. The molecule has 0 unspecified atom stereocenters. The third-order valence-corrected chi connectivity index (χ3v) is 4.49. The summed E-state index contributed by atoms with van der Waals surface area (Å²) in [5.74, 6) is 0.559. The van der Waals surface area contributed by atoms with Gasteiger partial charge in [0.25, 0.3) is 5.91 Å². The first-order valence-electron chi connectivity index (χ1n) is 8.23. The van der Waals surface area contributed by atoms with Gasteiger partial charge in [0, 0.05) is 16.4 Å². The standard InChI is InChI=1S/C20H20BrN3O2/c1-13-4-7-19(15(3)10-13)26-12-24-9-8-18(23-24)20(25)22-17-6-5-16(21)11-14(17)2/h4-11H,12H2,1-3H3,(H,22,25). The number of carbonyl (C=O) groups is 1. The highest BCUT2D eigenvalue weighted by molar-refractivity contribution is 9.10. The van der Waals surface area contributed by atoms with Crippen LogP contribution in [0.15, 0.2) is 53.1 Å². The number of rotatable bonds is 5. The van der Waals surface area contributed by atoms with Gasteiger partial charge in [-0.2, -0.15) is 5.10 Å². The highest BCUT2D eigenvalue weighted by Gasteiger charge is 2.11. The topological polar surface area (TPSA) is 56.1 Å². The smallest absolute Gasteiger partial charge is 0.276 e. The number of hydrogen-bond donors (Lipinski definition) is 1. The SMILES string of the molecule is Cc1ccc(OCn2ccc(C(=O)Nc3ccc(Br)cc3C)n2)c(C)c1. The summed E-state index contributed by atoms with van der Waals surface area (Å²) in [5.41, 5.74) is 4.35. The van der Waals surface area contributed by atoms with E-state index in [1.165, 1.54) is 5.56 Å². The Kier molecular flexibility index (Phi) is 5.42. The van der Waals surface area contributed by atoms with Crippen LogP contribution in [0.2, 0.25) is 0 Å². The second-order valence-electron chi connectivity index (χ2n) is 6.20. The fourth-order valence-electron chi connectivity index (χ4n) is 2.61. The number of nitrogens with one attached hydrogen (secondary N) is 1. The van der Waals surface area contributed by atoms with Crippen LogP contribution < -0.4 is 10.1 Å². The number of carbonyl (C=O) groups excluding carboxylic acids is 1. The van der Waals surface area contributed by atoms with Crippen molar-refractivity contribution in [2.75, 3.05) is 5.32 Å². The Hall–Kier alpha value is -2.60. The predicted octanol–water partition coefficient (Wildman–Crippen LogP) is 4.86. The molecular formula is C20H20BrN3O2. The van der Waals surface area contributed by atoms with E-state index in [2.05, 4.69) is 32.4 Å². The third-order valence-electron chi connectivity index (χ3n) is 3.99. The van der Waals surface area contributed by atoms with E-state index < -0.39 is 0 Å². The first-order valence-corrected chi connectivity index (χ1v) is 9.03. The number of ether oxygens (including phenoxy) is 1. The van der Waals surface area contributed by atoms with Gasteiger partial charge in [-0.3, -0.25) is 4.79 Å². The van der Waals surface area contributed by atoms with E-state index in [0.717, 1.165) is 27.0 Å². The predicted molar refractivity (Wildman–Crippen MR) is 106 cm³/mol. The van der Waals surface area contributed by atoms with Gasteiger partial charge >= 0.3 is 0 Å². The lowest BCUT2D eigenvalue weighted by Gasteiger charge is -2.10. The lowest BCUT2D eigenvalue weighted by molar-refractivity contribution is 0.102. The maximum absolute atomic E-state index is 12.4. The number of halogens is 1. The molecular weight excluding hydrogens is 394 g/mol. The van der Waals surface area contributed by atoms with Crippen molar-refractivity contribution in [3.05, 3.63) is 75.5 Å². The Labute approximate surface area is 161 Å². The van der Waals surface area contributed by atoms with Crippen molar-refractivity contribution in [2.24, 2.45) is 0 Å². The minimum Gasteiger partial charge on any atom is -0.471 e. The number of nitrogens with zero attached hydrogens (tertiary/aromatic N) is 2. The molecule has 0 aliphatic carbocycles. The second-order valence-corrected chi connectivity index (χ2v) is 7.11. The average Bonchev–Trinajstić information content (AvgIpc) is 3.06. The molecule has 134 valence electrons. The number of hydrogen-bond acceptors (Lipinski definition) is 3. The van der Waals surface area contributed by atoms with Crippen molar-refractivity contribution >= 4 is 27.5 Å². The minimum absolute atomic E-state index is 0.245. The van der Waals surface area contributed by atoms with Crippen molar-refractivity contribution in [3.63, 3.8) is 0 Å². The Bertz CT molecular complexity index is 950. The number of anilines is 1. The van der Waals surface area contributed by atoms with E-state index >= 15 is 0 Å². The van der Waals surface area contributed by atoms with E-state index in [9.17, 15) is 4.79 Å². The molecule has 2 aromatic carbocycles. The zero-order valence-electron chi connectivity index (χ0n) is 14.9. The van der Waals surface area contributed by atoms with Gasteiger partial charge in [0.15, 0.2) is 12.4 Å². The summed E-state index contributed by atoms with van der Waals surface area (Å²) in [5, 5.41) is 7.17.